The molecule has 2 heterocycles. The van der Waals surface area contributed by atoms with E-state index in [0.29, 0.717) is 12.1 Å². The van der Waals surface area contributed by atoms with E-state index < -0.39 is 0 Å². The lowest BCUT2D eigenvalue weighted by Crippen LogP contribution is -2.37. The van der Waals surface area contributed by atoms with Gasteiger partial charge in [0.15, 0.2) is 0 Å². The lowest BCUT2D eigenvalue weighted by molar-refractivity contribution is 0.0789. The molecule has 1 aromatic heterocycles. The van der Waals surface area contributed by atoms with Crippen molar-refractivity contribution in [3.63, 3.8) is 0 Å². The van der Waals surface area contributed by atoms with Crippen molar-refractivity contribution in [3.8, 4) is 0 Å². The van der Waals surface area contributed by atoms with Gasteiger partial charge in [-0.1, -0.05) is 42.5 Å². The number of fused-ring (bicyclic) bond motifs is 2. The molecule has 1 aliphatic heterocycles. The van der Waals surface area contributed by atoms with Crippen LogP contribution in [-0.2, 0) is 24.0 Å². The normalized spacial score (nSPS) is 23.5. The van der Waals surface area contributed by atoms with E-state index in [1.54, 1.807) is 11.1 Å². The van der Waals surface area contributed by atoms with Crippen molar-refractivity contribution in [2.24, 2.45) is 5.92 Å². The Hall–Kier alpha value is -2.01. The first-order valence-electron chi connectivity index (χ1n) is 13.1. The molecule has 0 saturated carbocycles. The number of benzene rings is 1. The molecule has 1 fully saturated rings. The zero-order valence-corrected chi connectivity index (χ0v) is 19.9. The molecule has 2 aromatic rings. The molecule has 0 amide bonds. The zero-order valence-electron chi connectivity index (χ0n) is 19.9. The van der Waals surface area contributed by atoms with E-state index >= 15 is 0 Å². The SMILES string of the molecule is C(=C\CN(C[C@@H]1CCc2ccccc2C1)[C@H]1CCCc2cccnc21)/CNC1CCOCC1. The van der Waals surface area contributed by atoms with Gasteiger partial charge in [-0.25, -0.2) is 0 Å². The fraction of sp³-hybridized carbons (Fsp3) is 0.552. The molecule has 2 aliphatic carbocycles. The third-order valence-corrected chi connectivity index (χ3v) is 7.80. The van der Waals surface area contributed by atoms with Crippen molar-refractivity contribution in [1.29, 1.82) is 0 Å². The molecule has 0 bridgehead atoms. The Balaban J connectivity index is 1.25. The van der Waals surface area contributed by atoms with Crippen LogP contribution in [-0.4, -0.2) is 48.8 Å². The fourth-order valence-corrected chi connectivity index (χ4v) is 5.96. The third-order valence-electron chi connectivity index (χ3n) is 7.80. The van der Waals surface area contributed by atoms with Crippen molar-refractivity contribution in [2.45, 2.75) is 63.5 Å². The van der Waals surface area contributed by atoms with E-state index in [0.717, 1.165) is 51.6 Å². The molecule has 1 saturated heterocycles. The van der Waals surface area contributed by atoms with Crippen LogP contribution >= 0.6 is 0 Å². The summed E-state index contributed by atoms with van der Waals surface area (Å²) in [6.07, 6.45) is 16.4. The summed E-state index contributed by atoms with van der Waals surface area (Å²) < 4.78 is 5.48. The van der Waals surface area contributed by atoms with Crippen molar-refractivity contribution >= 4 is 0 Å². The Labute approximate surface area is 199 Å². The second-order valence-electron chi connectivity index (χ2n) is 10.1. The molecule has 5 rings (SSSR count). The minimum absolute atomic E-state index is 0.445. The second kappa shape index (κ2) is 11.4. The van der Waals surface area contributed by atoms with Crippen LogP contribution in [0.1, 0.15) is 60.5 Å². The Morgan fingerprint density at radius 2 is 1.79 bits per heavy atom. The molecular weight excluding hydrogens is 406 g/mol. The third kappa shape index (κ3) is 5.92. The lowest BCUT2D eigenvalue weighted by Gasteiger charge is -2.37. The van der Waals surface area contributed by atoms with Gasteiger partial charge < -0.3 is 10.1 Å². The van der Waals surface area contributed by atoms with E-state index in [-0.39, 0.29) is 0 Å². The molecule has 0 radical (unpaired) electrons. The highest BCUT2D eigenvalue weighted by molar-refractivity contribution is 5.30. The summed E-state index contributed by atoms with van der Waals surface area (Å²) in [4.78, 5) is 7.60. The lowest BCUT2D eigenvalue weighted by atomic mass is 9.83. The Morgan fingerprint density at radius 3 is 2.70 bits per heavy atom. The molecule has 4 heteroatoms. The Kier molecular flexibility index (Phi) is 7.87. The summed E-state index contributed by atoms with van der Waals surface area (Å²) >= 11 is 0. The van der Waals surface area contributed by atoms with E-state index in [2.05, 4.69) is 58.8 Å². The van der Waals surface area contributed by atoms with Crippen LogP contribution in [0.4, 0.5) is 0 Å². The van der Waals surface area contributed by atoms with Gasteiger partial charge in [-0.15, -0.1) is 0 Å². The van der Waals surface area contributed by atoms with Crippen molar-refractivity contribution in [3.05, 3.63) is 77.1 Å². The number of aromatic nitrogens is 1. The molecule has 2 atom stereocenters. The Morgan fingerprint density at radius 1 is 0.939 bits per heavy atom. The molecule has 0 spiro atoms. The van der Waals surface area contributed by atoms with Crippen molar-refractivity contribution in [1.82, 2.24) is 15.2 Å². The zero-order chi connectivity index (χ0) is 22.3. The quantitative estimate of drug-likeness (QED) is 0.587. The highest BCUT2D eigenvalue weighted by atomic mass is 16.5. The molecule has 3 aliphatic rings. The average Bonchev–Trinajstić information content (AvgIpc) is 2.88. The molecule has 4 nitrogen and oxygen atoms in total. The molecule has 1 N–H and O–H groups in total. The van der Waals surface area contributed by atoms with Crippen LogP contribution in [0.5, 0.6) is 0 Å². The summed E-state index contributed by atoms with van der Waals surface area (Å²) in [7, 11) is 0. The van der Waals surface area contributed by atoms with E-state index in [1.807, 2.05) is 6.20 Å². The van der Waals surface area contributed by atoms with Crippen LogP contribution in [0.2, 0.25) is 0 Å². The van der Waals surface area contributed by atoms with Crippen molar-refractivity contribution in [2.75, 3.05) is 32.8 Å². The first-order chi connectivity index (χ1) is 16.4. The summed E-state index contributed by atoms with van der Waals surface area (Å²) in [6.45, 7) is 4.91. The fourth-order valence-electron chi connectivity index (χ4n) is 5.96. The highest BCUT2D eigenvalue weighted by Crippen LogP contribution is 2.35. The van der Waals surface area contributed by atoms with Crippen LogP contribution in [0.25, 0.3) is 0 Å². The maximum atomic E-state index is 5.48. The van der Waals surface area contributed by atoms with Crippen LogP contribution in [0.15, 0.2) is 54.7 Å². The number of pyridine rings is 1. The van der Waals surface area contributed by atoms with Crippen molar-refractivity contribution < 1.29 is 4.74 Å². The monoisotopic (exact) mass is 445 g/mol. The molecular formula is C29H39N3O. The first-order valence-corrected chi connectivity index (χ1v) is 13.1. The van der Waals surface area contributed by atoms with Crippen LogP contribution in [0.3, 0.4) is 0 Å². The maximum Gasteiger partial charge on any atom is 0.0607 e. The maximum absolute atomic E-state index is 5.48. The molecule has 176 valence electrons. The molecule has 1 aromatic carbocycles. The van der Waals surface area contributed by atoms with Gasteiger partial charge in [-0.3, -0.25) is 9.88 Å². The number of aryl methyl sites for hydroxylation is 2. The van der Waals surface area contributed by atoms with E-state index in [4.69, 9.17) is 9.72 Å². The van der Waals surface area contributed by atoms with Gasteiger partial charge in [0.25, 0.3) is 0 Å². The highest BCUT2D eigenvalue weighted by Gasteiger charge is 2.29. The predicted molar refractivity (Wildman–Crippen MR) is 134 cm³/mol. The van der Waals surface area contributed by atoms with E-state index in [1.165, 1.54) is 49.8 Å². The number of hydrogen-bond acceptors (Lipinski definition) is 4. The molecule has 33 heavy (non-hydrogen) atoms. The van der Waals surface area contributed by atoms with Gasteiger partial charge in [0.05, 0.1) is 11.7 Å². The standard InChI is InChI=1S/C29H39N3O/c1-2-8-26-21-23(12-13-24(26)7-1)22-32(18-4-3-16-30-27-14-19-33-20-15-27)28-11-5-9-25-10-6-17-31-29(25)28/h1-4,6-8,10,17,23,27-28,30H,5,9,11-16,18-22H2/b4-3+/t23-,28+/m1/s1. The van der Waals surface area contributed by atoms with Gasteiger partial charge in [0.1, 0.15) is 0 Å². The largest absolute Gasteiger partial charge is 0.381 e. The smallest absolute Gasteiger partial charge is 0.0607 e. The topological polar surface area (TPSA) is 37.4 Å². The van der Waals surface area contributed by atoms with Gasteiger partial charge in [0, 0.05) is 45.1 Å². The summed E-state index contributed by atoms with van der Waals surface area (Å²) in [6, 6.07) is 14.5. The average molecular weight is 446 g/mol. The second-order valence-corrected chi connectivity index (χ2v) is 10.1. The number of hydrogen-bond donors (Lipinski definition) is 1. The minimum Gasteiger partial charge on any atom is -0.381 e. The molecule has 0 unspecified atom stereocenters. The summed E-state index contributed by atoms with van der Waals surface area (Å²) in [5, 5.41) is 3.69. The van der Waals surface area contributed by atoms with Gasteiger partial charge in [-0.2, -0.15) is 0 Å². The minimum atomic E-state index is 0.445. The summed E-state index contributed by atoms with van der Waals surface area (Å²) in [5.41, 5.74) is 5.91. The van der Waals surface area contributed by atoms with Gasteiger partial charge >= 0.3 is 0 Å². The van der Waals surface area contributed by atoms with Gasteiger partial charge in [0.2, 0.25) is 0 Å². The number of nitrogens with one attached hydrogen (secondary N) is 1. The number of ether oxygens (including phenoxy) is 1. The van der Waals surface area contributed by atoms with E-state index in [9.17, 15) is 0 Å². The first kappa shape index (κ1) is 22.8. The number of rotatable bonds is 8. The van der Waals surface area contributed by atoms with Gasteiger partial charge in [-0.05, 0) is 80.0 Å². The predicted octanol–water partition coefficient (Wildman–Crippen LogP) is 4.89. The Bertz CT molecular complexity index is 921. The number of nitrogens with zero attached hydrogens (tertiary/aromatic N) is 2. The van der Waals surface area contributed by atoms with Crippen LogP contribution < -0.4 is 5.32 Å². The van der Waals surface area contributed by atoms with Crippen LogP contribution in [0, 0.1) is 5.92 Å². The summed E-state index contributed by atoms with van der Waals surface area (Å²) in [5.74, 6) is 0.725.